The lowest BCUT2D eigenvalue weighted by molar-refractivity contribution is 0.319. The van der Waals surface area contributed by atoms with Crippen molar-refractivity contribution in [1.82, 2.24) is 0 Å². The highest BCUT2D eigenvalue weighted by Crippen LogP contribution is 2.38. The molecule has 0 bridgehead atoms. The fraction of sp³-hybridized carbons (Fsp3) is 0.417. The Labute approximate surface area is 150 Å². The van der Waals surface area contributed by atoms with E-state index in [1.807, 2.05) is 12.1 Å². The molecule has 1 fully saturated rings. The van der Waals surface area contributed by atoms with Crippen LogP contribution in [0.4, 0.5) is 4.39 Å². The number of fused-ring (bicyclic) bond motifs is 1. The van der Waals surface area contributed by atoms with Crippen molar-refractivity contribution in [3.8, 4) is 0 Å². The minimum atomic E-state index is -0.0640. The normalized spacial score (nSPS) is 23.0. The van der Waals surface area contributed by atoms with Crippen LogP contribution in [0.3, 0.4) is 0 Å². The second-order valence-electron chi connectivity index (χ2n) is 7.73. The van der Waals surface area contributed by atoms with E-state index in [1.54, 1.807) is 6.07 Å². The molecule has 2 aliphatic rings. The molecule has 0 aromatic heterocycles. The molecule has 2 aromatic rings. The van der Waals surface area contributed by atoms with Crippen molar-refractivity contribution in [2.75, 3.05) is 0 Å². The second kappa shape index (κ2) is 7.15. The van der Waals surface area contributed by atoms with E-state index in [-0.39, 0.29) is 5.82 Å². The summed E-state index contributed by atoms with van der Waals surface area (Å²) in [4.78, 5) is 0. The van der Waals surface area contributed by atoms with Crippen LogP contribution in [0, 0.1) is 11.7 Å². The molecular weight excluding hydrogens is 307 g/mol. The Hall–Kier alpha value is -1.89. The van der Waals surface area contributed by atoms with Crippen LogP contribution in [0.15, 0.2) is 42.5 Å². The lowest BCUT2D eigenvalue weighted by atomic mass is 9.77. The summed E-state index contributed by atoms with van der Waals surface area (Å²) in [7, 11) is 0. The summed E-state index contributed by atoms with van der Waals surface area (Å²) in [5.74, 6) is 1.63. The largest absolute Gasteiger partial charge is 0.207 e. The van der Waals surface area contributed by atoms with Crippen molar-refractivity contribution in [2.24, 2.45) is 5.92 Å². The summed E-state index contributed by atoms with van der Waals surface area (Å²) in [6.45, 7) is 2.32. The van der Waals surface area contributed by atoms with Crippen LogP contribution in [-0.2, 0) is 6.42 Å². The highest BCUT2D eigenvalue weighted by molar-refractivity contribution is 5.84. The minimum absolute atomic E-state index is 0.0640. The van der Waals surface area contributed by atoms with Crippen LogP contribution in [0.1, 0.15) is 73.6 Å². The van der Waals surface area contributed by atoms with Crippen LogP contribution < -0.4 is 0 Å². The molecule has 0 nitrogen and oxygen atoms in total. The molecule has 0 heterocycles. The molecule has 0 radical (unpaired) electrons. The average molecular weight is 334 g/mol. The first kappa shape index (κ1) is 16.6. The number of halogens is 1. The molecule has 0 amide bonds. The van der Waals surface area contributed by atoms with Crippen LogP contribution in [0.25, 0.3) is 11.6 Å². The molecule has 4 rings (SSSR count). The van der Waals surface area contributed by atoms with Gasteiger partial charge in [-0.2, -0.15) is 0 Å². The van der Waals surface area contributed by atoms with Crippen molar-refractivity contribution in [1.29, 1.82) is 0 Å². The van der Waals surface area contributed by atoms with E-state index in [0.717, 1.165) is 35.8 Å². The van der Waals surface area contributed by atoms with Crippen LogP contribution in [-0.4, -0.2) is 0 Å². The van der Waals surface area contributed by atoms with Crippen LogP contribution in [0.2, 0.25) is 0 Å². The van der Waals surface area contributed by atoms with Crippen LogP contribution >= 0.6 is 0 Å². The molecule has 1 heteroatoms. The van der Waals surface area contributed by atoms with E-state index in [2.05, 4.69) is 37.3 Å². The number of rotatable bonds is 3. The van der Waals surface area contributed by atoms with Gasteiger partial charge in [-0.05, 0) is 84.3 Å². The molecule has 130 valence electrons. The number of hydrogen-bond acceptors (Lipinski definition) is 0. The summed E-state index contributed by atoms with van der Waals surface area (Å²) in [5, 5.41) is 0. The summed E-state index contributed by atoms with van der Waals surface area (Å²) in [6.07, 6.45) is 10.7. The summed E-state index contributed by atoms with van der Waals surface area (Å²) in [6, 6.07) is 14.6. The van der Waals surface area contributed by atoms with E-state index in [9.17, 15) is 4.39 Å². The maximum Gasteiger partial charge on any atom is 0.127 e. The first-order chi connectivity index (χ1) is 12.2. The predicted molar refractivity (Wildman–Crippen MR) is 104 cm³/mol. The molecule has 2 aliphatic carbocycles. The first-order valence-electron chi connectivity index (χ1n) is 9.83. The molecule has 0 saturated heterocycles. The molecule has 1 saturated carbocycles. The van der Waals surface area contributed by atoms with E-state index in [4.69, 9.17) is 0 Å². The van der Waals surface area contributed by atoms with Crippen molar-refractivity contribution in [2.45, 2.75) is 57.8 Å². The lowest BCUT2D eigenvalue weighted by Crippen LogP contribution is -2.12. The Kier molecular flexibility index (Phi) is 4.74. The van der Waals surface area contributed by atoms with Gasteiger partial charge in [0, 0.05) is 0 Å². The highest BCUT2D eigenvalue weighted by atomic mass is 19.1. The van der Waals surface area contributed by atoms with E-state index < -0.39 is 0 Å². The van der Waals surface area contributed by atoms with Gasteiger partial charge in [0.2, 0.25) is 0 Å². The van der Waals surface area contributed by atoms with Crippen molar-refractivity contribution in [3.63, 3.8) is 0 Å². The van der Waals surface area contributed by atoms with Gasteiger partial charge in [-0.1, -0.05) is 55.8 Å². The molecule has 0 aliphatic heterocycles. The molecule has 0 atom stereocenters. The lowest BCUT2D eigenvalue weighted by Gasteiger charge is -2.28. The quantitative estimate of drug-likeness (QED) is 0.567. The maximum absolute atomic E-state index is 13.9. The number of hydrogen-bond donors (Lipinski definition) is 0. The zero-order chi connectivity index (χ0) is 17.2. The van der Waals surface area contributed by atoms with Crippen LogP contribution in [0.5, 0.6) is 0 Å². The average Bonchev–Trinajstić information content (AvgIpc) is 2.68. The summed E-state index contributed by atoms with van der Waals surface area (Å²) >= 11 is 0. The maximum atomic E-state index is 13.9. The van der Waals surface area contributed by atoms with Gasteiger partial charge in [-0.15, -0.1) is 0 Å². The molecule has 0 N–H and O–H groups in total. The van der Waals surface area contributed by atoms with Crippen molar-refractivity contribution < 1.29 is 4.39 Å². The van der Waals surface area contributed by atoms with Gasteiger partial charge < -0.3 is 0 Å². The first-order valence-corrected chi connectivity index (χ1v) is 9.83. The standard InChI is InChI=1S/C24H27F/c1-2-17-6-8-18(9-7-17)19-10-12-20(13-11-19)21-14-15-23-22(16-21)4-3-5-24(23)25/h3-5,10-13,16-18H,2,6-9,14-15H2,1H3. The molecular formula is C24H27F. The van der Waals surface area contributed by atoms with Gasteiger partial charge in [0.05, 0.1) is 0 Å². The zero-order valence-corrected chi connectivity index (χ0v) is 15.1. The zero-order valence-electron chi connectivity index (χ0n) is 15.1. The van der Waals surface area contributed by atoms with E-state index >= 15 is 0 Å². The summed E-state index contributed by atoms with van der Waals surface area (Å²) < 4.78 is 13.9. The van der Waals surface area contributed by atoms with Gasteiger partial charge >= 0.3 is 0 Å². The third kappa shape index (κ3) is 3.42. The van der Waals surface area contributed by atoms with Crippen molar-refractivity contribution in [3.05, 3.63) is 70.5 Å². The number of allylic oxidation sites excluding steroid dienone is 1. The molecule has 2 aromatic carbocycles. The fourth-order valence-corrected chi connectivity index (χ4v) is 4.59. The third-order valence-corrected chi connectivity index (χ3v) is 6.31. The van der Waals surface area contributed by atoms with Gasteiger partial charge in [-0.3, -0.25) is 0 Å². The SMILES string of the molecule is CCC1CCC(c2ccc(C3=Cc4cccc(F)c4CC3)cc2)CC1. The van der Waals surface area contributed by atoms with Crippen molar-refractivity contribution >= 4 is 11.6 Å². The Morgan fingerprint density at radius 3 is 2.40 bits per heavy atom. The monoisotopic (exact) mass is 334 g/mol. The summed E-state index contributed by atoms with van der Waals surface area (Å²) in [5.41, 5.74) is 6.04. The third-order valence-electron chi connectivity index (χ3n) is 6.31. The predicted octanol–water partition coefficient (Wildman–Crippen LogP) is 7.00. The second-order valence-corrected chi connectivity index (χ2v) is 7.73. The Morgan fingerprint density at radius 1 is 0.920 bits per heavy atom. The van der Waals surface area contributed by atoms with Gasteiger partial charge in [-0.25, -0.2) is 4.39 Å². The molecule has 25 heavy (non-hydrogen) atoms. The minimum Gasteiger partial charge on any atom is -0.207 e. The molecule has 0 spiro atoms. The Morgan fingerprint density at radius 2 is 1.68 bits per heavy atom. The van der Waals surface area contributed by atoms with Gasteiger partial charge in [0.25, 0.3) is 0 Å². The molecule has 0 unspecified atom stereocenters. The van der Waals surface area contributed by atoms with E-state index in [0.29, 0.717) is 0 Å². The number of benzene rings is 2. The van der Waals surface area contributed by atoms with Gasteiger partial charge in [0.15, 0.2) is 0 Å². The Bertz CT molecular complexity index is 761. The van der Waals surface area contributed by atoms with E-state index in [1.165, 1.54) is 48.8 Å². The smallest absolute Gasteiger partial charge is 0.127 e. The Balaban J connectivity index is 1.51. The van der Waals surface area contributed by atoms with Gasteiger partial charge in [0.1, 0.15) is 5.82 Å². The fourth-order valence-electron chi connectivity index (χ4n) is 4.59. The topological polar surface area (TPSA) is 0 Å². The highest BCUT2D eigenvalue weighted by Gasteiger charge is 2.21.